The number of rotatable bonds is 28. The second-order valence-corrected chi connectivity index (χ2v) is 11.3. The summed E-state index contributed by atoms with van der Waals surface area (Å²) in [5.41, 5.74) is -1.76. The molecule has 224 valence electrons. The topological polar surface area (TPSA) is 80.7 Å². The van der Waals surface area contributed by atoms with Gasteiger partial charge in [-0.3, -0.25) is 14.4 Å². The molecule has 0 heterocycles. The Kier molecular flexibility index (Phi) is 24.0. The van der Waals surface area contributed by atoms with Gasteiger partial charge in [0.05, 0.1) is 0 Å². The van der Waals surface area contributed by atoms with Gasteiger partial charge in [0, 0.05) is 19.3 Å². The monoisotopic (exact) mass is 538 g/mol. The highest BCUT2D eigenvalue weighted by molar-refractivity contribution is 6.22. The zero-order valence-corrected chi connectivity index (χ0v) is 25.6. The van der Waals surface area contributed by atoms with Crippen LogP contribution in [-0.2, 0) is 19.1 Å². The molecule has 0 rings (SSSR count). The van der Waals surface area contributed by atoms with Crippen LogP contribution < -0.4 is 0 Å². The van der Waals surface area contributed by atoms with E-state index in [4.69, 9.17) is 4.74 Å². The average molecular weight is 539 g/mol. The highest BCUT2D eigenvalue weighted by atomic mass is 16.6. The molecule has 0 aliphatic rings. The number of ether oxygens (including phenoxy) is 1. The van der Waals surface area contributed by atoms with Gasteiger partial charge >= 0.3 is 5.97 Å². The third-order valence-electron chi connectivity index (χ3n) is 7.81. The Morgan fingerprint density at radius 2 is 0.895 bits per heavy atom. The number of ketones is 2. The minimum Gasteiger partial charge on any atom is -0.435 e. The highest BCUT2D eigenvalue weighted by Gasteiger charge is 2.52. The van der Waals surface area contributed by atoms with E-state index in [0.29, 0.717) is 19.3 Å². The fourth-order valence-corrected chi connectivity index (χ4v) is 5.15. The Labute approximate surface area is 235 Å². The molecule has 1 unspecified atom stereocenters. The van der Waals surface area contributed by atoms with Crippen LogP contribution in [-0.4, -0.2) is 28.9 Å². The number of esters is 1. The number of Topliss-reactive ketones (excluding diaryl/α,β-unsaturated/α-hetero) is 2. The maximum atomic E-state index is 13.7. The van der Waals surface area contributed by atoms with Crippen molar-refractivity contribution < 1.29 is 24.2 Å². The van der Waals surface area contributed by atoms with Crippen molar-refractivity contribution >= 4 is 17.5 Å². The van der Waals surface area contributed by atoms with Crippen molar-refractivity contribution in [1.29, 1.82) is 0 Å². The van der Waals surface area contributed by atoms with Crippen molar-refractivity contribution in [2.45, 2.75) is 188 Å². The van der Waals surface area contributed by atoms with Gasteiger partial charge in [-0.2, -0.15) is 0 Å². The molecule has 5 nitrogen and oxygen atoms in total. The molecule has 0 aliphatic heterocycles. The first-order valence-electron chi connectivity index (χ1n) is 16.4. The lowest BCUT2D eigenvalue weighted by Gasteiger charge is -2.30. The van der Waals surface area contributed by atoms with Crippen LogP contribution in [0.15, 0.2) is 0 Å². The molecule has 0 aliphatic carbocycles. The van der Waals surface area contributed by atoms with Gasteiger partial charge in [0.15, 0.2) is 23.3 Å². The van der Waals surface area contributed by atoms with Gasteiger partial charge in [-0.15, -0.1) is 0 Å². The minimum absolute atomic E-state index is 0.207. The highest BCUT2D eigenvalue weighted by Crippen LogP contribution is 2.35. The van der Waals surface area contributed by atoms with Crippen LogP contribution in [0.3, 0.4) is 0 Å². The summed E-state index contributed by atoms with van der Waals surface area (Å²) >= 11 is 0. The molecular weight excluding hydrogens is 476 g/mol. The summed E-state index contributed by atoms with van der Waals surface area (Å²) in [6.45, 7) is 8.28. The maximum Gasteiger partial charge on any atom is 0.329 e. The number of carbonyl (C=O) groups is 3. The van der Waals surface area contributed by atoms with Crippen molar-refractivity contribution in [1.82, 2.24) is 0 Å². The summed E-state index contributed by atoms with van der Waals surface area (Å²) in [5.74, 6) is -1.40. The Bertz CT molecular complexity index is 570. The summed E-state index contributed by atoms with van der Waals surface area (Å²) in [6.07, 6.45) is 20.6. The van der Waals surface area contributed by atoms with Crippen LogP contribution in [0, 0.1) is 5.41 Å². The summed E-state index contributed by atoms with van der Waals surface area (Å²) in [7, 11) is 0. The standard InChI is InChI=1S/C33H62O5/c1-5-9-12-15-18-20-23-26-29(34)33(32(37)38-31(36)8-4,28-25-22-17-14-11-7-3)30(35)27-24-21-19-16-13-10-6-2/h31,36H,5-28H2,1-4H3. The Morgan fingerprint density at radius 1 is 0.553 bits per heavy atom. The van der Waals surface area contributed by atoms with Crippen molar-refractivity contribution in [2.24, 2.45) is 5.41 Å². The zero-order valence-electron chi connectivity index (χ0n) is 25.6. The summed E-state index contributed by atoms with van der Waals surface area (Å²) in [6, 6.07) is 0. The number of carbonyl (C=O) groups excluding carboxylic acids is 3. The lowest BCUT2D eigenvalue weighted by molar-refractivity contribution is -0.183. The van der Waals surface area contributed by atoms with Gasteiger partial charge in [-0.05, 0) is 19.3 Å². The molecule has 1 atom stereocenters. The molecule has 0 saturated heterocycles. The zero-order chi connectivity index (χ0) is 28.5. The van der Waals surface area contributed by atoms with E-state index in [0.717, 1.165) is 64.2 Å². The summed E-state index contributed by atoms with van der Waals surface area (Å²) in [5, 5.41) is 10.1. The quantitative estimate of drug-likeness (QED) is 0.0464. The van der Waals surface area contributed by atoms with E-state index in [2.05, 4.69) is 20.8 Å². The molecule has 38 heavy (non-hydrogen) atoms. The van der Waals surface area contributed by atoms with Gasteiger partial charge in [0.1, 0.15) is 0 Å². The average Bonchev–Trinajstić information content (AvgIpc) is 2.91. The molecule has 0 aromatic rings. The van der Waals surface area contributed by atoms with Crippen LogP contribution in [0.4, 0.5) is 0 Å². The van der Waals surface area contributed by atoms with Gasteiger partial charge in [0.25, 0.3) is 0 Å². The van der Waals surface area contributed by atoms with Crippen LogP contribution in [0.1, 0.15) is 182 Å². The van der Waals surface area contributed by atoms with E-state index in [-0.39, 0.29) is 37.2 Å². The Balaban J connectivity index is 5.44. The Morgan fingerprint density at radius 3 is 1.26 bits per heavy atom. The Hall–Kier alpha value is -1.23. The SMILES string of the molecule is CCCCCCCCCC(=O)C(CCCCCCCC)(C(=O)CCCCCCCCC)C(=O)OC(O)CC. The van der Waals surface area contributed by atoms with Gasteiger partial charge in [-0.25, -0.2) is 0 Å². The van der Waals surface area contributed by atoms with Crippen LogP contribution in [0.5, 0.6) is 0 Å². The van der Waals surface area contributed by atoms with Crippen molar-refractivity contribution in [2.75, 3.05) is 0 Å². The predicted octanol–water partition coefficient (Wildman–Crippen LogP) is 9.41. The first kappa shape index (κ1) is 36.8. The number of aliphatic hydroxyl groups is 1. The van der Waals surface area contributed by atoms with Crippen molar-refractivity contribution in [3.05, 3.63) is 0 Å². The molecule has 1 N–H and O–H groups in total. The molecule has 0 radical (unpaired) electrons. The smallest absolute Gasteiger partial charge is 0.329 e. The normalized spacial score (nSPS) is 12.4. The van der Waals surface area contributed by atoms with Crippen LogP contribution >= 0.6 is 0 Å². The van der Waals surface area contributed by atoms with E-state index in [1.165, 1.54) is 44.9 Å². The first-order chi connectivity index (χ1) is 18.4. The third-order valence-corrected chi connectivity index (χ3v) is 7.81. The fraction of sp³-hybridized carbons (Fsp3) is 0.909. The van der Waals surface area contributed by atoms with Gasteiger partial charge < -0.3 is 9.84 Å². The maximum absolute atomic E-state index is 13.7. The molecule has 0 aromatic heterocycles. The van der Waals surface area contributed by atoms with Crippen LogP contribution in [0.25, 0.3) is 0 Å². The molecule has 0 fully saturated rings. The summed E-state index contributed by atoms with van der Waals surface area (Å²) in [4.78, 5) is 40.9. The second kappa shape index (κ2) is 24.8. The lowest BCUT2D eigenvalue weighted by atomic mass is 9.72. The molecule has 0 spiro atoms. The van der Waals surface area contributed by atoms with Gasteiger partial charge in [-0.1, -0.05) is 143 Å². The molecular formula is C33H62O5. The largest absolute Gasteiger partial charge is 0.435 e. The first-order valence-corrected chi connectivity index (χ1v) is 16.4. The van der Waals surface area contributed by atoms with Crippen molar-refractivity contribution in [3.63, 3.8) is 0 Å². The van der Waals surface area contributed by atoms with Crippen LogP contribution in [0.2, 0.25) is 0 Å². The minimum atomic E-state index is -1.76. The van der Waals surface area contributed by atoms with E-state index >= 15 is 0 Å². The predicted molar refractivity (Wildman–Crippen MR) is 158 cm³/mol. The number of hydrogen-bond acceptors (Lipinski definition) is 5. The van der Waals surface area contributed by atoms with E-state index in [1.54, 1.807) is 6.92 Å². The third kappa shape index (κ3) is 16.0. The second-order valence-electron chi connectivity index (χ2n) is 11.3. The number of hydrogen-bond donors (Lipinski definition) is 1. The summed E-state index contributed by atoms with van der Waals surface area (Å²) < 4.78 is 5.32. The molecule has 0 saturated carbocycles. The van der Waals surface area contributed by atoms with Gasteiger partial charge in [0.2, 0.25) is 0 Å². The lowest BCUT2D eigenvalue weighted by Crippen LogP contribution is -2.48. The fourth-order valence-electron chi connectivity index (χ4n) is 5.15. The van der Waals surface area contributed by atoms with E-state index in [9.17, 15) is 19.5 Å². The molecule has 0 aromatic carbocycles. The molecule has 0 amide bonds. The molecule has 0 bridgehead atoms. The number of unbranched alkanes of at least 4 members (excludes halogenated alkanes) is 17. The number of aliphatic hydroxyl groups excluding tert-OH is 1. The molecule has 5 heteroatoms. The van der Waals surface area contributed by atoms with Crippen molar-refractivity contribution in [3.8, 4) is 0 Å². The van der Waals surface area contributed by atoms with E-state index in [1.807, 2.05) is 0 Å². The van der Waals surface area contributed by atoms with E-state index < -0.39 is 17.7 Å².